The van der Waals surface area contributed by atoms with Crippen LogP contribution in [0.2, 0.25) is 5.02 Å². The predicted molar refractivity (Wildman–Crippen MR) is 130 cm³/mol. The van der Waals surface area contributed by atoms with Crippen molar-refractivity contribution in [2.45, 2.75) is 37.5 Å². The van der Waals surface area contributed by atoms with Crippen LogP contribution in [-0.4, -0.2) is 47.6 Å². The van der Waals surface area contributed by atoms with Crippen LogP contribution < -0.4 is 0 Å². The minimum Gasteiger partial charge on any atom is -0.419 e. The largest absolute Gasteiger partial charge is 0.419 e. The molecule has 1 aliphatic rings. The number of nitrogens with zero attached hydrogens (tertiary/aromatic N) is 6. The lowest BCUT2D eigenvalue weighted by Crippen LogP contribution is -2.34. The molecule has 0 unspecified atom stereocenters. The van der Waals surface area contributed by atoms with Gasteiger partial charge in [-0.3, -0.25) is 4.79 Å². The molecule has 1 aliphatic carbocycles. The summed E-state index contributed by atoms with van der Waals surface area (Å²) in [5.41, 5.74) is 2.85. The Balaban J connectivity index is 1.25. The summed E-state index contributed by atoms with van der Waals surface area (Å²) >= 11 is 7.61. The summed E-state index contributed by atoms with van der Waals surface area (Å²) in [6, 6.07) is 15.6. The van der Waals surface area contributed by atoms with Gasteiger partial charge in [-0.15, -0.1) is 20.4 Å². The smallest absolute Gasteiger partial charge is 0.249 e. The summed E-state index contributed by atoms with van der Waals surface area (Å²) in [5.74, 6) is 1.76. The second-order valence-electron chi connectivity index (χ2n) is 8.25. The van der Waals surface area contributed by atoms with Crippen LogP contribution in [-0.2, 0) is 18.4 Å². The van der Waals surface area contributed by atoms with Gasteiger partial charge in [0.2, 0.25) is 17.7 Å². The number of benzene rings is 2. The van der Waals surface area contributed by atoms with Crippen molar-refractivity contribution in [2.24, 2.45) is 7.05 Å². The Hall–Kier alpha value is -3.17. The Bertz CT molecular complexity index is 1320. The average Bonchev–Trinajstić information content (AvgIpc) is 3.46. The van der Waals surface area contributed by atoms with Crippen LogP contribution in [0, 0.1) is 6.92 Å². The summed E-state index contributed by atoms with van der Waals surface area (Å²) in [5, 5.41) is 18.1. The number of thioether (sulfide) groups is 1. The molecule has 0 atom stereocenters. The van der Waals surface area contributed by atoms with Gasteiger partial charge in [-0.25, -0.2) is 0 Å². The maximum absolute atomic E-state index is 13.1. The average molecular weight is 495 g/mol. The number of aryl methyl sites for hydroxylation is 1. The molecule has 0 radical (unpaired) electrons. The fourth-order valence-electron chi connectivity index (χ4n) is 3.62. The van der Waals surface area contributed by atoms with Gasteiger partial charge in [0.1, 0.15) is 0 Å². The molecule has 1 amide bonds. The topological polar surface area (TPSA) is 89.9 Å². The summed E-state index contributed by atoms with van der Waals surface area (Å²) in [6.07, 6.45) is 1.95. The first-order valence-electron chi connectivity index (χ1n) is 11.0. The van der Waals surface area contributed by atoms with E-state index >= 15 is 0 Å². The van der Waals surface area contributed by atoms with Crippen LogP contribution in [0.4, 0.5) is 0 Å². The summed E-state index contributed by atoms with van der Waals surface area (Å²) < 4.78 is 7.73. The number of hydrogen-bond acceptors (Lipinski definition) is 7. The summed E-state index contributed by atoms with van der Waals surface area (Å²) in [6.45, 7) is 2.32. The molecule has 174 valence electrons. The van der Waals surface area contributed by atoms with Gasteiger partial charge in [0.05, 0.1) is 22.9 Å². The van der Waals surface area contributed by atoms with E-state index in [4.69, 9.17) is 16.0 Å². The third-order valence-electron chi connectivity index (χ3n) is 5.65. The van der Waals surface area contributed by atoms with E-state index in [9.17, 15) is 4.79 Å². The molecule has 2 heterocycles. The van der Waals surface area contributed by atoms with Crippen molar-refractivity contribution in [3.63, 3.8) is 0 Å². The van der Waals surface area contributed by atoms with Crippen molar-refractivity contribution in [3.8, 4) is 22.8 Å². The molecule has 5 rings (SSSR count). The standard InChI is InChI=1S/C24H23ClN6O2S/c1-15-7-9-16(10-8-15)22-27-29-24(30(22)2)34-14-21(32)31(17-11-12-17)13-20-26-28-23(33-20)18-5-3-4-6-19(18)25/h3-10,17H,11-14H2,1-2H3. The Morgan fingerprint density at radius 3 is 2.62 bits per heavy atom. The van der Waals surface area contributed by atoms with Gasteiger partial charge >= 0.3 is 0 Å². The zero-order valence-electron chi connectivity index (χ0n) is 18.8. The number of rotatable bonds is 8. The van der Waals surface area contributed by atoms with Crippen LogP contribution in [0.3, 0.4) is 0 Å². The maximum atomic E-state index is 13.1. The fourth-order valence-corrected chi connectivity index (χ4v) is 4.63. The number of halogens is 1. The molecular weight excluding hydrogens is 472 g/mol. The first-order chi connectivity index (χ1) is 16.5. The number of hydrogen-bond donors (Lipinski definition) is 0. The summed E-state index contributed by atoms with van der Waals surface area (Å²) in [7, 11) is 1.91. The first kappa shape index (κ1) is 22.6. The molecule has 8 nitrogen and oxygen atoms in total. The van der Waals surface area contributed by atoms with Crippen molar-refractivity contribution >= 4 is 29.3 Å². The van der Waals surface area contributed by atoms with Crippen molar-refractivity contribution in [3.05, 3.63) is 65.0 Å². The highest BCUT2D eigenvalue weighted by Crippen LogP contribution is 2.31. The molecule has 4 aromatic rings. The van der Waals surface area contributed by atoms with Gasteiger partial charge in [-0.1, -0.05) is 65.3 Å². The zero-order valence-corrected chi connectivity index (χ0v) is 20.4. The van der Waals surface area contributed by atoms with Gasteiger partial charge < -0.3 is 13.9 Å². The van der Waals surface area contributed by atoms with E-state index in [1.807, 2.05) is 65.9 Å². The van der Waals surface area contributed by atoms with Crippen molar-refractivity contribution in [1.82, 2.24) is 29.9 Å². The number of carbonyl (C=O) groups is 1. The molecule has 1 saturated carbocycles. The first-order valence-corrected chi connectivity index (χ1v) is 12.3. The highest BCUT2D eigenvalue weighted by Gasteiger charge is 2.34. The molecule has 0 N–H and O–H groups in total. The van der Waals surface area contributed by atoms with Gasteiger partial charge in [0, 0.05) is 18.7 Å². The van der Waals surface area contributed by atoms with Crippen LogP contribution in [0.1, 0.15) is 24.3 Å². The molecule has 0 spiro atoms. The highest BCUT2D eigenvalue weighted by atomic mass is 35.5. The molecule has 34 heavy (non-hydrogen) atoms. The third-order valence-corrected chi connectivity index (χ3v) is 6.99. The Kier molecular flexibility index (Phi) is 6.38. The predicted octanol–water partition coefficient (Wildman–Crippen LogP) is 4.78. The lowest BCUT2D eigenvalue weighted by molar-refractivity contribution is -0.129. The van der Waals surface area contributed by atoms with Crippen molar-refractivity contribution < 1.29 is 9.21 Å². The number of amides is 1. The van der Waals surface area contributed by atoms with E-state index in [2.05, 4.69) is 20.4 Å². The molecule has 0 bridgehead atoms. The second-order valence-corrected chi connectivity index (χ2v) is 9.60. The lowest BCUT2D eigenvalue weighted by atomic mass is 10.1. The quantitative estimate of drug-likeness (QED) is 0.326. The van der Waals surface area contributed by atoms with Crippen LogP contribution >= 0.6 is 23.4 Å². The third kappa shape index (κ3) is 4.85. The van der Waals surface area contributed by atoms with Gasteiger partial charge in [0.25, 0.3) is 0 Å². The molecule has 1 fully saturated rings. The van der Waals surface area contributed by atoms with Gasteiger partial charge in [0.15, 0.2) is 11.0 Å². The highest BCUT2D eigenvalue weighted by molar-refractivity contribution is 7.99. The molecule has 0 aliphatic heterocycles. The normalized spacial score (nSPS) is 13.3. The van der Waals surface area contributed by atoms with Gasteiger partial charge in [-0.2, -0.15) is 0 Å². The summed E-state index contributed by atoms with van der Waals surface area (Å²) in [4.78, 5) is 14.9. The fraction of sp³-hybridized carbons (Fsp3) is 0.292. The maximum Gasteiger partial charge on any atom is 0.249 e. The molecular formula is C24H23ClN6O2S. The van der Waals surface area contributed by atoms with E-state index in [1.165, 1.54) is 17.3 Å². The molecule has 0 saturated heterocycles. The Morgan fingerprint density at radius 2 is 1.88 bits per heavy atom. The van der Waals surface area contributed by atoms with Crippen LogP contribution in [0.25, 0.3) is 22.8 Å². The van der Waals surface area contributed by atoms with Crippen molar-refractivity contribution in [2.75, 3.05) is 5.75 Å². The lowest BCUT2D eigenvalue weighted by Gasteiger charge is -2.20. The van der Waals surface area contributed by atoms with E-state index in [-0.39, 0.29) is 24.2 Å². The van der Waals surface area contributed by atoms with E-state index in [1.54, 1.807) is 6.07 Å². The Labute approximate surface area is 206 Å². The second kappa shape index (κ2) is 9.60. The number of aromatic nitrogens is 5. The van der Waals surface area contributed by atoms with Crippen LogP contribution in [0.15, 0.2) is 58.1 Å². The SMILES string of the molecule is Cc1ccc(-c2nnc(SCC(=O)N(Cc3nnc(-c4ccccc4Cl)o3)C3CC3)n2C)cc1. The zero-order chi connectivity index (χ0) is 23.7. The van der Waals surface area contributed by atoms with E-state index < -0.39 is 0 Å². The van der Waals surface area contributed by atoms with Crippen LogP contribution in [0.5, 0.6) is 0 Å². The van der Waals surface area contributed by atoms with Crippen molar-refractivity contribution in [1.29, 1.82) is 0 Å². The minimum atomic E-state index is 0.00452. The van der Waals surface area contributed by atoms with E-state index in [0.717, 1.165) is 24.2 Å². The minimum absolute atomic E-state index is 0.00452. The molecule has 2 aromatic heterocycles. The molecule has 2 aromatic carbocycles. The van der Waals surface area contributed by atoms with E-state index in [0.29, 0.717) is 27.5 Å². The Morgan fingerprint density at radius 1 is 1.12 bits per heavy atom. The monoisotopic (exact) mass is 494 g/mol. The molecule has 10 heteroatoms. The number of carbonyl (C=O) groups excluding carboxylic acids is 1. The van der Waals surface area contributed by atoms with Gasteiger partial charge in [-0.05, 0) is 31.9 Å².